The standard InChI is InChI=1S/C12H15Cl2N3O/c1-7(2)16-12(15)17-11(18)6-8-9(13)4-3-5-10(8)14/h3-5,7H,6H2,1-2H3,(H3,15,16,17,18). The molecule has 0 radical (unpaired) electrons. The SMILES string of the molecule is CC(C)N=C(N)NC(=O)Cc1c(Cl)cccc1Cl. The molecule has 0 saturated heterocycles. The van der Waals surface area contributed by atoms with Crippen LogP contribution in [0.15, 0.2) is 23.2 Å². The summed E-state index contributed by atoms with van der Waals surface area (Å²) in [5, 5.41) is 3.40. The summed E-state index contributed by atoms with van der Waals surface area (Å²) in [6.45, 7) is 3.73. The minimum absolute atomic E-state index is 0.0224. The normalized spacial score (nSPS) is 11.7. The molecule has 1 aromatic carbocycles. The average Bonchev–Trinajstić information content (AvgIpc) is 2.22. The lowest BCUT2D eigenvalue weighted by Crippen LogP contribution is -2.38. The zero-order valence-corrected chi connectivity index (χ0v) is 11.7. The van der Waals surface area contributed by atoms with E-state index in [1.54, 1.807) is 18.2 Å². The zero-order chi connectivity index (χ0) is 13.7. The van der Waals surface area contributed by atoms with Crippen LogP contribution in [0.1, 0.15) is 19.4 Å². The lowest BCUT2D eigenvalue weighted by molar-refractivity contribution is -0.119. The number of halogens is 2. The van der Waals surface area contributed by atoms with E-state index in [0.29, 0.717) is 15.6 Å². The van der Waals surface area contributed by atoms with Crippen molar-refractivity contribution in [1.29, 1.82) is 0 Å². The van der Waals surface area contributed by atoms with Crippen LogP contribution >= 0.6 is 23.2 Å². The topological polar surface area (TPSA) is 67.5 Å². The smallest absolute Gasteiger partial charge is 0.231 e. The molecule has 4 nitrogen and oxygen atoms in total. The van der Waals surface area contributed by atoms with E-state index in [4.69, 9.17) is 28.9 Å². The Balaban J connectivity index is 2.71. The zero-order valence-electron chi connectivity index (χ0n) is 10.2. The molecule has 0 fully saturated rings. The van der Waals surface area contributed by atoms with Crippen molar-refractivity contribution in [2.75, 3.05) is 0 Å². The molecule has 98 valence electrons. The van der Waals surface area contributed by atoms with Gasteiger partial charge in [0.15, 0.2) is 5.96 Å². The van der Waals surface area contributed by atoms with E-state index in [0.717, 1.165) is 0 Å². The van der Waals surface area contributed by atoms with Gasteiger partial charge in [-0.05, 0) is 31.5 Å². The summed E-state index contributed by atoms with van der Waals surface area (Å²) in [5.74, 6) is -0.204. The van der Waals surface area contributed by atoms with Crippen LogP contribution in [0, 0.1) is 0 Å². The molecule has 0 saturated carbocycles. The number of hydrogen-bond acceptors (Lipinski definition) is 2. The molecule has 0 aliphatic rings. The number of nitrogens with two attached hydrogens (primary N) is 1. The van der Waals surface area contributed by atoms with Gasteiger partial charge in [0.2, 0.25) is 5.91 Å². The van der Waals surface area contributed by atoms with Crippen LogP contribution in [0.2, 0.25) is 10.0 Å². The van der Waals surface area contributed by atoms with Crippen LogP contribution in [-0.4, -0.2) is 17.9 Å². The van der Waals surface area contributed by atoms with Gasteiger partial charge in [-0.3, -0.25) is 15.1 Å². The van der Waals surface area contributed by atoms with Gasteiger partial charge < -0.3 is 5.73 Å². The van der Waals surface area contributed by atoms with Crippen LogP contribution in [0.4, 0.5) is 0 Å². The first-order chi connectivity index (χ1) is 8.40. The van der Waals surface area contributed by atoms with Crippen molar-refractivity contribution in [3.8, 4) is 0 Å². The van der Waals surface area contributed by atoms with Gasteiger partial charge in [0.05, 0.1) is 6.42 Å². The molecule has 1 rings (SSSR count). The summed E-state index contributed by atoms with van der Waals surface area (Å²) in [4.78, 5) is 15.7. The number of carbonyl (C=O) groups excluding carboxylic acids is 1. The Morgan fingerprint density at radius 3 is 2.44 bits per heavy atom. The van der Waals surface area contributed by atoms with Gasteiger partial charge in [0.25, 0.3) is 0 Å². The van der Waals surface area contributed by atoms with Crippen LogP contribution in [-0.2, 0) is 11.2 Å². The number of aliphatic imine (C=N–C) groups is 1. The number of amides is 1. The minimum Gasteiger partial charge on any atom is -0.370 e. The van der Waals surface area contributed by atoms with E-state index in [1.165, 1.54) is 0 Å². The Labute approximate surface area is 116 Å². The van der Waals surface area contributed by atoms with Gasteiger partial charge in [0.1, 0.15) is 0 Å². The maximum absolute atomic E-state index is 11.7. The van der Waals surface area contributed by atoms with Crippen molar-refractivity contribution in [3.05, 3.63) is 33.8 Å². The van der Waals surface area contributed by atoms with Gasteiger partial charge in [0, 0.05) is 16.1 Å². The fourth-order valence-electron chi connectivity index (χ4n) is 1.36. The molecule has 0 heterocycles. The molecular weight excluding hydrogens is 273 g/mol. The summed E-state index contributed by atoms with van der Waals surface area (Å²) in [5.41, 5.74) is 6.14. The second-order valence-corrected chi connectivity index (χ2v) is 4.85. The number of guanidine groups is 1. The minimum atomic E-state index is -0.299. The number of benzene rings is 1. The molecule has 0 aliphatic heterocycles. The van der Waals surface area contributed by atoms with Crippen LogP contribution in [0.25, 0.3) is 0 Å². The van der Waals surface area contributed by atoms with Gasteiger partial charge in [-0.1, -0.05) is 29.3 Å². The predicted molar refractivity (Wildman–Crippen MR) is 75.1 cm³/mol. The average molecular weight is 288 g/mol. The number of rotatable bonds is 3. The van der Waals surface area contributed by atoms with Crippen molar-refractivity contribution in [1.82, 2.24) is 5.32 Å². The summed E-state index contributed by atoms with van der Waals surface area (Å²) in [7, 11) is 0. The maximum Gasteiger partial charge on any atom is 0.231 e. The predicted octanol–water partition coefficient (Wildman–Crippen LogP) is 2.38. The third-order valence-corrected chi connectivity index (χ3v) is 2.77. The van der Waals surface area contributed by atoms with Gasteiger partial charge >= 0.3 is 0 Å². The summed E-state index contributed by atoms with van der Waals surface area (Å²) in [6, 6.07) is 5.11. The monoisotopic (exact) mass is 287 g/mol. The van der Waals surface area contributed by atoms with Crippen LogP contribution in [0.5, 0.6) is 0 Å². The van der Waals surface area contributed by atoms with Crippen LogP contribution < -0.4 is 11.1 Å². The van der Waals surface area contributed by atoms with Crippen molar-refractivity contribution in [2.24, 2.45) is 10.7 Å². The Morgan fingerprint density at radius 1 is 1.39 bits per heavy atom. The Bertz CT molecular complexity index is 452. The van der Waals surface area contributed by atoms with Gasteiger partial charge in [-0.15, -0.1) is 0 Å². The Hall–Kier alpha value is -1.26. The third kappa shape index (κ3) is 4.55. The van der Waals surface area contributed by atoms with Crippen molar-refractivity contribution in [3.63, 3.8) is 0 Å². The first kappa shape index (κ1) is 14.8. The maximum atomic E-state index is 11.7. The highest BCUT2D eigenvalue weighted by Crippen LogP contribution is 2.24. The van der Waals surface area contributed by atoms with Gasteiger partial charge in [-0.2, -0.15) is 0 Å². The van der Waals surface area contributed by atoms with E-state index in [1.807, 2.05) is 13.8 Å². The lowest BCUT2D eigenvalue weighted by atomic mass is 10.1. The van der Waals surface area contributed by atoms with Crippen molar-refractivity contribution in [2.45, 2.75) is 26.3 Å². The summed E-state index contributed by atoms with van der Waals surface area (Å²) in [6.07, 6.45) is 0.0623. The van der Waals surface area contributed by atoms with Crippen molar-refractivity contribution < 1.29 is 4.79 Å². The molecule has 0 bridgehead atoms. The summed E-state index contributed by atoms with van der Waals surface area (Å²) < 4.78 is 0. The molecule has 0 aromatic heterocycles. The van der Waals surface area contributed by atoms with Gasteiger partial charge in [-0.25, -0.2) is 0 Å². The Kier molecular flexibility index (Phi) is 5.44. The molecule has 3 N–H and O–H groups in total. The molecule has 0 spiro atoms. The molecule has 1 aromatic rings. The highest BCUT2D eigenvalue weighted by Gasteiger charge is 2.11. The highest BCUT2D eigenvalue weighted by atomic mass is 35.5. The van der Waals surface area contributed by atoms with E-state index >= 15 is 0 Å². The molecule has 0 atom stereocenters. The van der Waals surface area contributed by atoms with E-state index in [-0.39, 0.29) is 24.3 Å². The van der Waals surface area contributed by atoms with Crippen molar-refractivity contribution >= 4 is 35.1 Å². The fraction of sp³-hybridized carbons (Fsp3) is 0.333. The Morgan fingerprint density at radius 2 is 1.94 bits per heavy atom. The lowest BCUT2D eigenvalue weighted by Gasteiger charge is -2.08. The second kappa shape index (κ2) is 6.61. The third-order valence-electron chi connectivity index (χ3n) is 2.06. The molecule has 1 amide bonds. The first-order valence-electron chi connectivity index (χ1n) is 5.46. The van der Waals surface area contributed by atoms with E-state index < -0.39 is 0 Å². The second-order valence-electron chi connectivity index (χ2n) is 4.03. The van der Waals surface area contributed by atoms with E-state index in [2.05, 4.69) is 10.3 Å². The number of nitrogens with one attached hydrogen (secondary N) is 1. The molecule has 0 unspecified atom stereocenters. The van der Waals surface area contributed by atoms with E-state index in [9.17, 15) is 4.79 Å². The molecular formula is C12H15Cl2N3O. The van der Waals surface area contributed by atoms with Crippen LogP contribution in [0.3, 0.4) is 0 Å². The summed E-state index contributed by atoms with van der Waals surface area (Å²) >= 11 is 11.9. The largest absolute Gasteiger partial charge is 0.370 e. The number of nitrogens with zero attached hydrogens (tertiary/aromatic N) is 1. The molecule has 18 heavy (non-hydrogen) atoms. The number of hydrogen-bond donors (Lipinski definition) is 2. The number of carbonyl (C=O) groups is 1. The highest BCUT2D eigenvalue weighted by molar-refractivity contribution is 6.36. The first-order valence-corrected chi connectivity index (χ1v) is 6.21. The molecule has 0 aliphatic carbocycles. The quantitative estimate of drug-likeness (QED) is 0.662. The molecule has 6 heteroatoms. The fourth-order valence-corrected chi connectivity index (χ4v) is 1.89.